The number of halogens is 2. The lowest BCUT2D eigenvalue weighted by molar-refractivity contribution is 0.181. The number of methoxy groups -OCH3 is 1. The second kappa shape index (κ2) is 6.45. The van der Waals surface area contributed by atoms with E-state index in [0.717, 1.165) is 14.8 Å². The highest BCUT2D eigenvalue weighted by molar-refractivity contribution is 14.1. The monoisotopic (exact) mass is 387 g/mol. The molecular formula is C14H15FIN3O. The maximum Gasteiger partial charge on any atom is 0.162 e. The van der Waals surface area contributed by atoms with Crippen LogP contribution in [-0.2, 0) is 11.3 Å². The van der Waals surface area contributed by atoms with E-state index < -0.39 is 0 Å². The average molecular weight is 387 g/mol. The fourth-order valence-electron chi connectivity index (χ4n) is 1.85. The van der Waals surface area contributed by atoms with Crippen LogP contribution >= 0.6 is 22.6 Å². The molecule has 0 spiro atoms. The van der Waals surface area contributed by atoms with Gasteiger partial charge in [-0.15, -0.1) is 0 Å². The van der Waals surface area contributed by atoms with Crippen LogP contribution in [0.5, 0.6) is 0 Å². The van der Waals surface area contributed by atoms with Crippen molar-refractivity contribution in [3.63, 3.8) is 0 Å². The summed E-state index contributed by atoms with van der Waals surface area (Å²) in [6.45, 7) is 2.29. The van der Waals surface area contributed by atoms with Gasteiger partial charge in [0.1, 0.15) is 11.6 Å². The van der Waals surface area contributed by atoms with Crippen molar-refractivity contribution in [3.8, 4) is 11.4 Å². The Morgan fingerprint density at radius 2 is 2.10 bits per heavy atom. The van der Waals surface area contributed by atoms with E-state index >= 15 is 0 Å². The van der Waals surface area contributed by atoms with E-state index in [4.69, 9.17) is 4.74 Å². The van der Waals surface area contributed by atoms with Crippen molar-refractivity contribution in [1.82, 2.24) is 9.97 Å². The molecule has 0 unspecified atom stereocenters. The third-order valence-corrected chi connectivity index (χ3v) is 4.01. The number of anilines is 1. The zero-order valence-corrected chi connectivity index (χ0v) is 13.7. The van der Waals surface area contributed by atoms with Gasteiger partial charge in [0.05, 0.1) is 15.9 Å². The van der Waals surface area contributed by atoms with Gasteiger partial charge in [-0.25, -0.2) is 14.4 Å². The second-order valence-electron chi connectivity index (χ2n) is 4.30. The number of aromatic nitrogens is 2. The Morgan fingerprint density at radius 1 is 1.35 bits per heavy atom. The summed E-state index contributed by atoms with van der Waals surface area (Å²) in [5.74, 6) is 0.914. The Bertz CT molecular complexity index is 634. The van der Waals surface area contributed by atoms with Gasteiger partial charge in [-0.05, 0) is 47.2 Å². The van der Waals surface area contributed by atoms with Gasteiger partial charge < -0.3 is 10.1 Å². The highest BCUT2D eigenvalue weighted by Crippen LogP contribution is 2.26. The van der Waals surface area contributed by atoms with Gasteiger partial charge in [-0.3, -0.25) is 0 Å². The summed E-state index contributed by atoms with van der Waals surface area (Å²) in [7, 11) is 3.41. The van der Waals surface area contributed by atoms with Crippen molar-refractivity contribution >= 4 is 28.4 Å². The Labute approximate surface area is 130 Å². The Morgan fingerprint density at radius 3 is 2.75 bits per heavy atom. The number of hydrogen-bond acceptors (Lipinski definition) is 4. The smallest absolute Gasteiger partial charge is 0.162 e. The molecule has 20 heavy (non-hydrogen) atoms. The fourth-order valence-corrected chi connectivity index (χ4v) is 2.51. The summed E-state index contributed by atoms with van der Waals surface area (Å²) >= 11 is 2.17. The van der Waals surface area contributed by atoms with Crippen molar-refractivity contribution in [3.05, 3.63) is 38.8 Å². The molecule has 0 radical (unpaired) electrons. The van der Waals surface area contributed by atoms with Gasteiger partial charge in [0.15, 0.2) is 5.82 Å². The molecule has 0 saturated heterocycles. The van der Waals surface area contributed by atoms with Gasteiger partial charge in [-0.1, -0.05) is 6.07 Å². The zero-order valence-electron chi connectivity index (χ0n) is 11.5. The van der Waals surface area contributed by atoms with Gasteiger partial charge in [0, 0.05) is 19.7 Å². The van der Waals surface area contributed by atoms with Gasteiger partial charge in [0.2, 0.25) is 0 Å². The molecule has 0 amide bonds. The van der Waals surface area contributed by atoms with E-state index in [9.17, 15) is 4.39 Å². The van der Waals surface area contributed by atoms with Gasteiger partial charge in [0.25, 0.3) is 0 Å². The van der Waals surface area contributed by atoms with Crippen LogP contribution in [0, 0.1) is 16.3 Å². The van der Waals surface area contributed by atoms with Gasteiger partial charge >= 0.3 is 0 Å². The maximum absolute atomic E-state index is 13.4. The Balaban J connectivity index is 2.61. The number of hydrogen-bond donors (Lipinski definition) is 1. The standard InChI is InChI=1S/C14H15FIN3O/c1-8-4-5-9(15)6-10(8)13-18-11(7-20-3)12(16)14(17-2)19-13/h4-6H,7H2,1-3H3,(H,17,18,19). The number of nitrogens with one attached hydrogen (secondary N) is 1. The molecule has 0 saturated carbocycles. The SMILES string of the molecule is CNc1nc(-c2cc(F)ccc2C)nc(COC)c1I. The van der Waals surface area contributed by atoms with Crippen molar-refractivity contribution in [2.75, 3.05) is 19.5 Å². The molecule has 2 aromatic rings. The zero-order chi connectivity index (χ0) is 14.7. The highest BCUT2D eigenvalue weighted by Gasteiger charge is 2.14. The molecule has 1 aromatic heterocycles. The number of rotatable bonds is 4. The number of benzene rings is 1. The first-order valence-corrected chi connectivity index (χ1v) is 7.14. The normalized spacial score (nSPS) is 10.7. The first-order chi connectivity index (χ1) is 9.56. The molecule has 106 valence electrons. The molecule has 1 N–H and O–H groups in total. The third-order valence-electron chi connectivity index (χ3n) is 2.88. The molecule has 1 aromatic carbocycles. The average Bonchev–Trinajstić information content (AvgIpc) is 2.44. The molecule has 0 aliphatic carbocycles. The minimum absolute atomic E-state index is 0.299. The first-order valence-electron chi connectivity index (χ1n) is 6.06. The molecule has 0 aliphatic rings. The topological polar surface area (TPSA) is 47.0 Å². The lowest BCUT2D eigenvalue weighted by Crippen LogP contribution is -2.06. The summed E-state index contributed by atoms with van der Waals surface area (Å²) in [6, 6.07) is 4.61. The number of aryl methyl sites for hydroxylation is 1. The quantitative estimate of drug-likeness (QED) is 0.818. The van der Waals surface area contributed by atoms with E-state index in [1.807, 2.05) is 6.92 Å². The van der Waals surface area contributed by atoms with Crippen LogP contribution in [0.25, 0.3) is 11.4 Å². The minimum Gasteiger partial charge on any atom is -0.378 e. The van der Waals surface area contributed by atoms with Crippen LogP contribution in [0.2, 0.25) is 0 Å². The van der Waals surface area contributed by atoms with Crippen molar-refractivity contribution in [2.24, 2.45) is 0 Å². The molecule has 0 fully saturated rings. The fraction of sp³-hybridized carbons (Fsp3) is 0.286. The minimum atomic E-state index is -0.299. The Kier molecular flexibility index (Phi) is 4.87. The molecule has 0 bridgehead atoms. The molecule has 0 aliphatic heterocycles. The van der Waals surface area contributed by atoms with Crippen LogP contribution in [0.4, 0.5) is 10.2 Å². The van der Waals surface area contributed by atoms with Crippen LogP contribution < -0.4 is 5.32 Å². The van der Waals surface area contributed by atoms with E-state index in [-0.39, 0.29) is 5.82 Å². The second-order valence-corrected chi connectivity index (χ2v) is 5.38. The lowest BCUT2D eigenvalue weighted by atomic mass is 10.1. The van der Waals surface area contributed by atoms with E-state index in [0.29, 0.717) is 23.8 Å². The van der Waals surface area contributed by atoms with E-state index in [2.05, 4.69) is 37.9 Å². The predicted molar refractivity (Wildman–Crippen MR) is 85.1 cm³/mol. The van der Waals surface area contributed by atoms with Crippen LogP contribution in [0.1, 0.15) is 11.3 Å². The lowest BCUT2D eigenvalue weighted by Gasteiger charge is -2.12. The highest BCUT2D eigenvalue weighted by atomic mass is 127. The van der Waals surface area contributed by atoms with Crippen LogP contribution in [0.15, 0.2) is 18.2 Å². The van der Waals surface area contributed by atoms with Crippen molar-refractivity contribution in [2.45, 2.75) is 13.5 Å². The van der Waals surface area contributed by atoms with E-state index in [1.54, 1.807) is 20.2 Å². The van der Waals surface area contributed by atoms with Crippen molar-refractivity contribution < 1.29 is 9.13 Å². The van der Waals surface area contributed by atoms with Gasteiger partial charge in [-0.2, -0.15) is 0 Å². The summed E-state index contributed by atoms with van der Waals surface area (Å²) in [5.41, 5.74) is 2.40. The molecule has 6 heteroatoms. The molecule has 4 nitrogen and oxygen atoms in total. The Hall–Kier alpha value is -1.28. The summed E-state index contributed by atoms with van der Waals surface area (Å²) in [4.78, 5) is 8.95. The predicted octanol–water partition coefficient (Wildman–Crippen LogP) is 3.38. The largest absolute Gasteiger partial charge is 0.378 e. The molecule has 2 rings (SSSR count). The maximum atomic E-state index is 13.4. The molecular weight excluding hydrogens is 372 g/mol. The first kappa shape index (κ1) is 15.1. The third kappa shape index (κ3) is 3.06. The van der Waals surface area contributed by atoms with E-state index in [1.165, 1.54) is 12.1 Å². The van der Waals surface area contributed by atoms with Crippen LogP contribution in [-0.4, -0.2) is 24.1 Å². The number of ether oxygens (including phenoxy) is 1. The summed E-state index contributed by atoms with van der Waals surface area (Å²) in [6.07, 6.45) is 0. The molecule has 1 heterocycles. The molecule has 0 atom stereocenters. The van der Waals surface area contributed by atoms with Crippen LogP contribution in [0.3, 0.4) is 0 Å². The summed E-state index contributed by atoms with van der Waals surface area (Å²) in [5, 5.41) is 3.03. The number of nitrogens with zero attached hydrogens (tertiary/aromatic N) is 2. The summed E-state index contributed by atoms with van der Waals surface area (Å²) < 4.78 is 19.5. The van der Waals surface area contributed by atoms with Crippen molar-refractivity contribution in [1.29, 1.82) is 0 Å².